The predicted molar refractivity (Wildman–Crippen MR) is 122 cm³/mol. The van der Waals surface area contributed by atoms with Gasteiger partial charge in [-0.1, -0.05) is 30.3 Å². The van der Waals surface area contributed by atoms with Gasteiger partial charge in [0.25, 0.3) is 0 Å². The van der Waals surface area contributed by atoms with Crippen LogP contribution in [0.1, 0.15) is 0 Å². The van der Waals surface area contributed by atoms with Gasteiger partial charge in [0.15, 0.2) is 0 Å². The number of benzene rings is 3. The van der Waals surface area contributed by atoms with Crippen molar-refractivity contribution in [1.82, 2.24) is 9.55 Å². The van der Waals surface area contributed by atoms with Crippen LogP contribution in [0.2, 0.25) is 0 Å². The third-order valence-corrected chi connectivity index (χ3v) is 6.20. The standard InChI is InChI=1S/C23H19N3O5S/c1-30-21-11-15-14-7-3-6-10-19(14)31-20(15)12-17(21)24-22(27)13-26-18-9-5-4-8-16(18)25-23(26)32(2,28)29/h3-12H,13H2,1-2H3,(H,24,27). The topological polar surface area (TPSA) is 103 Å². The van der Waals surface area contributed by atoms with Crippen molar-refractivity contribution in [2.75, 3.05) is 18.7 Å². The summed E-state index contributed by atoms with van der Waals surface area (Å²) in [5.74, 6) is 0.0445. The summed E-state index contributed by atoms with van der Waals surface area (Å²) in [4.78, 5) is 17.1. The van der Waals surface area contributed by atoms with Crippen molar-refractivity contribution < 1.29 is 22.4 Å². The number of hydrogen-bond acceptors (Lipinski definition) is 6. The van der Waals surface area contributed by atoms with E-state index in [2.05, 4.69) is 10.3 Å². The third kappa shape index (κ3) is 3.36. The highest BCUT2D eigenvalue weighted by Crippen LogP contribution is 2.36. The van der Waals surface area contributed by atoms with Gasteiger partial charge in [-0.2, -0.15) is 0 Å². The second kappa shape index (κ2) is 7.38. The van der Waals surface area contributed by atoms with Crippen LogP contribution in [0.25, 0.3) is 33.0 Å². The number of methoxy groups -OCH3 is 1. The van der Waals surface area contributed by atoms with Crippen molar-refractivity contribution in [1.29, 1.82) is 0 Å². The number of amides is 1. The van der Waals surface area contributed by atoms with Crippen LogP contribution in [0.3, 0.4) is 0 Å². The Kier molecular flexibility index (Phi) is 4.63. The van der Waals surface area contributed by atoms with Crippen LogP contribution < -0.4 is 10.1 Å². The van der Waals surface area contributed by atoms with Gasteiger partial charge in [0.2, 0.25) is 20.9 Å². The summed E-state index contributed by atoms with van der Waals surface area (Å²) in [5, 5.41) is 4.47. The maximum absolute atomic E-state index is 12.9. The fraction of sp³-hybridized carbons (Fsp3) is 0.130. The van der Waals surface area contributed by atoms with E-state index in [1.807, 2.05) is 30.3 Å². The van der Waals surface area contributed by atoms with E-state index >= 15 is 0 Å². The van der Waals surface area contributed by atoms with Crippen LogP contribution in [0.15, 0.2) is 70.2 Å². The number of nitrogens with zero attached hydrogens (tertiary/aromatic N) is 2. The number of sulfone groups is 1. The van der Waals surface area contributed by atoms with Gasteiger partial charge in [0, 0.05) is 23.1 Å². The number of ether oxygens (including phenoxy) is 1. The molecule has 0 unspecified atom stereocenters. The first-order valence-electron chi connectivity index (χ1n) is 9.79. The molecule has 9 heteroatoms. The van der Waals surface area contributed by atoms with Crippen molar-refractivity contribution in [2.45, 2.75) is 11.7 Å². The molecule has 2 aromatic heterocycles. The van der Waals surface area contributed by atoms with Crippen molar-refractivity contribution in [2.24, 2.45) is 0 Å². The Morgan fingerprint density at radius 2 is 1.81 bits per heavy atom. The number of para-hydroxylation sites is 3. The molecule has 1 amide bonds. The molecule has 2 heterocycles. The Labute approximate surface area is 183 Å². The molecule has 3 aromatic carbocycles. The minimum absolute atomic E-state index is 0.159. The predicted octanol–water partition coefficient (Wildman–Crippen LogP) is 3.99. The average molecular weight is 449 g/mol. The monoisotopic (exact) mass is 449 g/mol. The van der Waals surface area contributed by atoms with Crippen LogP contribution in [-0.2, 0) is 21.2 Å². The van der Waals surface area contributed by atoms with Crippen LogP contribution in [0.4, 0.5) is 5.69 Å². The molecule has 162 valence electrons. The van der Waals surface area contributed by atoms with Gasteiger partial charge in [-0.15, -0.1) is 0 Å². The van der Waals surface area contributed by atoms with Crippen molar-refractivity contribution in [3.8, 4) is 5.75 Å². The summed E-state index contributed by atoms with van der Waals surface area (Å²) >= 11 is 0. The van der Waals surface area contributed by atoms with Crippen molar-refractivity contribution >= 4 is 54.4 Å². The highest BCUT2D eigenvalue weighted by Gasteiger charge is 2.22. The SMILES string of the molecule is COc1cc2c(cc1NC(=O)Cn1c(S(C)(=O)=O)nc3ccccc31)oc1ccccc12. The van der Waals surface area contributed by atoms with E-state index in [9.17, 15) is 13.2 Å². The van der Waals surface area contributed by atoms with Gasteiger partial charge in [-0.05, 0) is 24.3 Å². The first kappa shape index (κ1) is 20.1. The Balaban J connectivity index is 1.53. The largest absolute Gasteiger partial charge is 0.495 e. The minimum atomic E-state index is -3.64. The lowest BCUT2D eigenvalue weighted by molar-refractivity contribution is -0.116. The van der Waals surface area contributed by atoms with E-state index < -0.39 is 15.7 Å². The molecule has 8 nitrogen and oxygen atoms in total. The van der Waals surface area contributed by atoms with E-state index in [1.165, 1.54) is 11.7 Å². The summed E-state index contributed by atoms with van der Waals surface area (Å²) in [5.41, 5.74) is 2.82. The van der Waals surface area contributed by atoms with Crippen molar-refractivity contribution in [3.05, 3.63) is 60.7 Å². The molecule has 0 atom stereocenters. The minimum Gasteiger partial charge on any atom is -0.495 e. The van der Waals surface area contributed by atoms with Crippen LogP contribution >= 0.6 is 0 Å². The molecule has 0 saturated heterocycles. The molecule has 0 fully saturated rings. The van der Waals surface area contributed by atoms with Crippen molar-refractivity contribution in [3.63, 3.8) is 0 Å². The number of carbonyl (C=O) groups excluding carboxylic acids is 1. The maximum atomic E-state index is 12.9. The first-order valence-corrected chi connectivity index (χ1v) is 11.7. The molecule has 0 bridgehead atoms. The normalized spacial score (nSPS) is 11.9. The molecule has 0 aliphatic carbocycles. The molecule has 0 spiro atoms. The quantitative estimate of drug-likeness (QED) is 0.435. The van der Waals surface area contributed by atoms with Crippen LogP contribution in [0.5, 0.6) is 5.75 Å². The Morgan fingerprint density at radius 3 is 2.59 bits per heavy atom. The molecular weight excluding hydrogens is 430 g/mol. The second-order valence-electron chi connectivity index (χ2n) is 7.44. The zero-order chi connectivity index (χ0) is 22.5. The summed E-state index contributed by atoms with van der Waals surface area (Å²) in [7, 11) is -2.12. The van der Waals surface area contributed by atoms with E-state index in [4.69, 9.17) is 9.15 Å². The van der Waals surface area contributed by atoms with E-state index in [0.717, 1.165) is 22.6 Å². The van der Waals surface area contributed by atoms with Gasteiger partial charge in [0.05, 0.1) is 23.8 Å². The Morgan fingerprint density at radius 1 is 1.06 bits per heavy atom. The van der Waals surface area contributed by atoms with Crippen LogP contribution in [-0.4, -0.2) is 37.2 Å². The molecule has 0 aliphatic rings. The lowest BCUT2D eigenvalue weighted by Crippen LogP contribution is -2.21. The lowest BCUT2D eigenvalue weighted by atomic mass is 10.1. The molecule has 0 aliphatic heterocycles. The summed E-state index contributed by atoms with van der Waals surface area (Å²) in [6.07, 6.45) is 1.07. The highest BCUT2D eigenvalue weighted by molar-refractivity contribution is 7.90. The fourth-order valence-electron chi connectivity index (χ4n) is 3.84. The van der Waals surface area contributed by atoms with Gasteiger partial charge in [0.1, 0.15) is 23.5 Å². The molecule has 1 N–H and O–H groups in total. The fourth-order valence-corrected chi connectivity index (χ4v) is 4.67. The smallest absolute Gasteiger partial charge is 0.244 e. The zero-order valence-electron chi connectivity index (χ0n) is 17.3. The highest BCUT2D eigenvalue weighted by atomic mass is 32.2. The zero-order valence-corrected chi connectivity index (χ0v) is 18.1. The first-order chi connectivity index (χ1) is 15.3. The molecule has 32 heavy (non-hydrogen) atoms. The van der Waals surface area contributed by atoms with E-state index in [1.54, 1.807) is 30.3 Å². The number of anilines is 1. The molecular formula is C23H19N3O5S. The second-order valence-corrected chi connectivity index (χ2v) is 9.35. The third-order valence-electron chi connectivity index (χ3n) is 5.23. The molecule has 5 aromatic rings. The number of aromatic nitrogens is 2. The number of hydrogen-bond donors (Lipinski definition) is 1. The van der Waals surface area contributed by atoms with Gasteiger partial charge in [-0.3, -0.25) is 4.79 Å². The molecule has 0 radical (unpaired) electrons. The number of carbonyl (C=O) groups is 1. The van der Waals surface area contributed by atoms with Gasteiger partial charge < -0.3 is 19.0 Å². The Bertz CT molecular complexity index is 1620. The lowest BCUT2D eigenvalue weighted by Gasteiger charge is -2.12. The number of imidazole rings is 1. The molecule has 5 rings (SSSR count). The number of fused-ring (bicyclic) bond motifs is 4. The van der Waals surface area contributed by atoms with Crippen LogP contribution in [0, 0.1) is 0 Å². The summed E-state index contributed by atoms with van der Waals surface area (Å²) in [6.45, 7) is -0.232. The maximum Gasteiger partial charge on any atom is 0.244 e. The van der Waals surface area contributed by atoms with E-state index in [-0.39, 0.29) is 11.7 Å². The number of nitrogens with one attached hydrogen (secondary N) is 1. The average Bonchev–Trinajstić information content (AvgIpc) is 3.31. The summed E-state index contributed by atoms with van der Waals surface area (Å²) in [6, 6.07) is 18.1. The van der Waals surface area contributed by atoms with E-state index in [0.29, 0.717) is 28.1 Å². The molecule has 0 saturated carbocycles. The summed E-state index contributed by atoms with van der Waals surface area (Å²) < 4.78 is 37.3. The van der Waals surface area contributed by atoms with Gasteiger partial charge >= 0.3 is 0 Å². The van der Waals surface area contributed by atoms with Gasteiger partial charge in [-0.25, -0.2) is 13.4 Å². The Hall–Kier alpha value is -3.85. The number of furan rings is 1. The number of rotatable bonds is 5.